The van der Waals surface area contributed by atoms with Gasteiger partial charge in [-0.25, -0.2) is 13.6 Å². The van der Waals surface area contributed by atoms with Gasteiger partial charge in [0.25, 0.3) is 6.43 Å². The van der Waals surface area contributed by atoms with Crippen LogP contribution in [0.25, 0.3) is 10.9 Å². The first-order chi connectivity index (χ1) is 10.4. The van der Waals surface area contributed by atoms with Crippen LogP contribution in [0.15, 0.2) is 18.2 Å². The van der Waals surface area contributed by atoms with Crippen molar-refractivity contribution in [2.24, 2.45) is 0 Å². The third kappa shape index (κ3) is 3.96. The van der Waals surface area contributed by atoms with Crippen molar-refractivity contribution in [3.63, 3.8) is 0 Å². The molecule has 0 saturated carbocycles. The fourth-order valence-electron chi connectivity index (χ4n) is 2.50. The van der Waals surface area contributed by atoms with Crippen LogP contribution in [0.4, 0.5) is 13.6 Å². The molecule has 0 aliphatic carbocycles. The maximum atomic E-state index is 12.0. The van der Waals surface area contributed by atoms with Crippen LogP contribution in [-0.4, -0.2) is 24.0 Å². The molecule has 1 aromatic carbocycles. The van der Waals surface area contributed by atoms with Gasteiger partial charge in [0, 0.05) is 11.2 Å². The zero-order chi connectivity index (χ0) is 16.3. The van der Waals surface area contributed by atoms with Gasteiger partial charge in [0.15, 0.2) is 0 Å². The highest BCUT2D eigenvalue weighted by atomic mass is 19.3. The number of halogens is 2. The maximum absolute atomic E-state index is 12.0. The molecule has 0 bridgehead atoms. The number of benzene rings is 1. The van der Waals surface area contributed by atoms with Crippen LogP contribution in [0.1, 0.15) is 36.6 Å². The van der Waals surface area contributed by atoms with E-state index in [1.165, 1.54) is 11.1 Å². The molecule has 0 saturated heterocycles. The first-order valence-corrected chi connectivity index (χ1v) is 7.28. The van der Waals surface area contributed by atoms with Crippen LogP contribution >= 0.6 is 0 Å². The maximum Gasteiger partial charge on any atom is 0.315 e. The Hall–Kier alpha value is -2.11. The Morgan fingerprint density at radius 1 is 1.23 bits per heavy atom. The Morgan fingerprint density at radius 3 is 2.59 bits per heavy atom. The largest absolute Gasteiger partial charge is 0.357 e. The van der Waals surface area contributed by atoms with Crippen molar-refractivity contribution < 1.29 is 13.6 Å². The Bertz CT molecular complexity index is 665. The molecule has 0 unspecified atom stereocenters. The molecule has 22 heavy (non-hydrogen) atoms. The summed E-state index contributed by atoms with van der Waals surface area (Å²) in [7, 11) is 0. The summed E-state index contributed by atoms with van der Waals surface area (Å²) in [6, 6.07) is 5.59. The van der Waals surface area contributed by atoms with Crippen LogP contribution in [0.5, 0.6) is 0 Å². The third-order valence-corrected chi connectivity index (χ3v) is 3.54. The van der Waals surface area contributed by atoms with Crippen molar-refractivity contribution in [2.75, 3.05) is 6.54 Å². The van der Waals surface area contributed by atoms with Gasteiger partial charge in [-0.15, -0.1) is 0 Å². The molecule has 2 amide bonds. The van der Waals surface area contributed by atoms with Gasteiger partial charge in [0.1, 0.15) is 0 Å². The number of urea groups is 1. The number of aryl methyl sites for hydroxylation is 1. The van der Waals surface area contributed by atoms with Crippen molar-refractivity contribution in [1.82, 2.24) is 15.6 Å². The average Bonchev–Trinajstić information content (AvgIpc) is 2.83. The van der Waals surface area contributed by atoms with Gasteiger partial charge < -0.3 is 15.6 Å². The summed E-state index contributed by atoms with van der Waals surface area (Å²) in [5.41, 5.74) is 4.36. The highest BCUT2D eigenvalue weighted by Gasteiger charge is 2.09. The lowest BCUT2D eigenvalue weighted by atomic mass is 9.97. The molecule has 4 nitrogen and oxygen atoms in total. The minimum atomic E-state index is -2.55. The van der Waals surface area contributed by atoms with E-state index in [0.29, 0.717) is 5.92 Å². The first kappa shape index (κ1) is 16.3. The second-order valence-corrected chi connectivity index (χ2v) is 5.70. The van der Waals surface area contributed by atoms with E-state index in [-0.39, 0.29) is 6.54 Å². The fraction of sp³-hybridized carbons (Fsp3) is 0.438. The molecule has 0 aliphatic rings. The molecular formula is C16H21F2N3O. The number of amides is 2. The van der Waals surface area contributed by atoms with Crippen LogP contribution < -0.4 is 10.6 Å². The molecule has 1 heterocycles. The van der Waals surface area contributed by atoms with Crippen LogP contribution in [-0.2, 0) is 6.54 Å². The highest BCUT2D eigenvalue weighted by molar-refractivity contribution is 5.82. The molecule has 0 atom stereocenters. The van der Waals surface area contributed by atoms with E-state index >= 15 is 0 Å². The Kier molecular flexibility index (Phi) is 5.00. The first-order valence-electron chi connectivity index (χ1n) is 7.28. The number of rotatable bonds is 5. The third-order valence-electron chi connectivity index (χ3n) is 3.54. The zero-order valence-corrected chi connectivity index (χ0v) is 13.0. The number of alkyl halides is 2. The molecule has 2 rings (SSSR count). The number of fused-ring (bicyclic) bond motifs is 1. The van der Waals surface area contributed by atoms with Crippen molar-refractivity contribution in [2.45, 2.75) is 39.7 Å². The lowest BCUT2D eigenvalue weighted by molar-refractivity contribution is 0.146. The number of carbonyl (C=O) groups excluding carboxylic acids is 1. The van der Waals surface area contributed by atoms with Gasteiger partial charge in [-0.2, -0.15) is 0 Å². The SMILES string of the molecule is Cc1cc2cc(CNC(=O)NCC(F)F)[nH]c2cc1C(C)C. The smallest absolute Gasteiger partial charge is 0.315 e. The molecule has 6 heteroatoms. The van der Waals surface area contributed by atoms with Gasteiger partial charge in [-0.3, -0.25) is 0 Å². The van der Waals surface area contributed by atoms with Gasteiger partial charge in [-0.1, -0.05) is 13.8 Å². The minimum absolute atomic E-state index is 0.264. The average molecular weight is 309 g/mol. The molecule has 0 spiro atoms. The standard InChI is InChI=1S/C16H21F2N3O/c1-9(2)13-6-14-11(4-10(13)3)5-12(21-14)7-19-16(22)20-8-15(17)18/h4-6,9,15,21H,7-8H2,1-3H3,(H2,19,20,22). The number of hydrogen-bond acceptors (Lipinski definition) is 1. The predicted octanol–water partition coefficient (Wildman–Crippen LogP) is 3.66. The van der Waals surface area contributed by atoms with Crippen LogP contribution in [0, 0.1) is 6.92 Å². The van der Waals surface area contributed by atoms with Crippen molar-refractivity contribution >= 4 is 16.9 Å². The van der Waals surface area contributed by atoms with Gasteiger partial charge in [-0.05, 0) is 47.6 Å². The summed E-state index contributed by atoms with van der Waals surface area (Å²) in [6.45, 7) is 5.99. The Morgan fingerprint density at radius 2 is 1.95 bits per heavy atom. The number of H-pyrrole nitrogens is 1. The summed E-state index contributed by atoms with van der Waals surface area (Å²) < 4.78 is 24.0. The predicted molar refractivity (Wildman–Crippen MR) is 83.4 cm³/mol. The molecule has 3 N–H and O–H groups in total. The van der Waals surface area contributed by atoms with Gasteiger partial charge in [0.2, 0.25) is 0 Å². The number of nitrogens with one attached hydrogen (secondary N) is 3. The Balaban J connectivity index is 2.05. The van der Waals surface area contributed by atoms with E-state index in [2.05, 4.69) is 48.5 Å². The lowest BCUT2D eigenvalue weighted by Gasteiger charge is -2.09. The second kappa shape index (κ2) is 6.77. The summed E-state index contributed by atoms with van der Waals surface area (Å²) in [5.74, 6) is 0.439. The molecular weight excluding hydrogens is 288 g/mol. The number of aromatic nitrogens is 1. The Labute approximate surface area is 128 Å². The van der Waals surface area contributed by atoms with Crippen molar-refractivity contribution in [1.29, 1.82) is 0 Å². The van der Waals surface area contributed by atoms with Crippen molar-refractivity contribution in [3.8, 4) is 0 Å². The summed E-state index contributed by atoms with van der Waals surface area (Å²) >= 11 is 0. The molecule has 120 valence electrons. The molecule has 0 fully saturated rings. The fourth-order valence-corrected chi connectivity index (χ4v) is 2.50. The normalized spacial score (nSPS) is 11.4. The topological polar surface area (TPSA) is 56.9 Å². The van der Waals surface area contributed by atoms with E-state index in [0.717, 1.165) is 16.6 Å². The number of hydrogen-bond donors (Lipinski definition) is 3. The second-order valence-electron chi connectivity index (χ2n) is 5.70. The lowest BCUT2D eigenvalue weighted by Crippen LogP contribution is -2.37. The summed E-state index contributed by atoms with van der Waals surface area (Å²) in [6.07, 6.45) is -2.55. The van der Waals surface area contributed by atoms with E-state index in [9.17, 15) is 13.6 Å². The van der Waals surface area contributed by atoms with Crippen LogP contribution in [0.3, 0.4) is 0 Å². The van der Waals surface area contributed by atoms with Gasteiger partial charge in [0.05, 0.1) is 13.1 Å². The summed E-state index contributed by atoms with van der Waals surface area (Å²) in [4.78, 5) is 14.6. The minimum Gasteiger partial charge on any atom is -0.357 e. The van der Waals surface area contributed by atoms with E-state index in [1.54, 1.807) is 0 Å². The molecule has 0 radical (unpaired) electrons. The summed E-state index contributed by atoms with van der Waals surface area (Å²) in [5, 5.41) is 5.73. The van der Waals surface area contributed by atoms with E-state index in [4.69, 9.17) is 0 Å². The monoisotopic (exact) mass is 309 g/mol. The molecule has 0 aliphatic heterocycles. The quantitative estimate of drug-likeness (QED) is 0.775. The zero-order valence-electron chi connectivity index (χ0n) is 13.0. The number of carbonyl (C=O) groups is 1. The van der Waals surface area contributed by atoms with Crippen molar-refractivity contribution in [3.05, 3.63) is 35.0 Å². The van der Waals surface area contributed by atoms with E-state index in [1.807, 2.05) is 6.07 Å². The molecule has 1 aromatic heterocycles. The van der Waals surface area contributed by atoms with Gasteiger partial charge >= 0.3 is 6.03 Å². The van der Waals surface area contributed by atoms with E-state index < -0.39 is 19.0 Å². The molecule has 2 aromatic rings. The van der Waals surface area contributed by atoms with Crippen LogP contribution in [0.2, 0.25) is 0 Å². The highest BCUT2D eigenvalue weighted by Crippen LogP contribution is 2.25. The number of aromatic amines is 1.